The molecule has 1 heterocycles. The highest BCUT2D eigenvalue weighted by Gasteiger charge is 2.60. The van der Waals surface area contributed by atoms with Crippen LogP contribution >= 0.6 is 0 Å². The molecule has 0 radical (unpaired) electrons. The van der Waals surface area contributed by atoms with Gasteiger partial charge in [-0.25, -0.2) is 0 Å². The van der Waals surface area contributed by atoms with Crippen LogP contribution in [-0.4, -0.2) is 30.5 Å². The fraction of sp³-hybridized carbons (Fsp3) is 0.667. The number of benzene rings is 1. The summed E-state index contributed by atoms with van der Waals surface area (Å²) in [5.74, 6) is 0. The van der Waals surface area contributed by atoms with Crippen molar-refractivity contribution in [2.45, 2.75) is 58.1 Å². The summed E-state index contributed by atoms with van der Waals surface area (Å²) in [4.78, 5) is 0. The molecule has 1 saturated heterocycles. The van der Waals surface area contributed by atoms with Gasteiger partial charge in [-0.15, -0.1) is 0 Å². The van der Waals surface area contributed by atoms with Crippen molar-refractivity contribution in [1.29, 1.82) is 0 Å². The number of nitrogens with one attached hydrogen (secondary N) is 1. The van der Waals surface area contributed by atoms with Crippen LogP contribution in [0.3, 0.4) is 0 Å². The van der Waals surface area contributed by atoms with E-state index in [0.29, 0.717) is 24.7 Å². The Morgan fingerprint density at radius 2 is 1.86 bits per heavy atom. The van der Waals surface area contributed by atoms with E-state index in [0.717, 1.165) is 24.9 Å². The number of rotatable bonds is 4. The standard InChI is InChI=1S/C18H25NO3/c1-11-6-15(17-21-3-4-22-17)12(2)5-13(11)10-19-16-9-18(16)7-14(20)8-18/h5-6,14,16-17,19-20H,3-4,7-10H2,1-2H3. The summed E-state index contributed by atoms with van der Waals surface area (Å²) in [6, 6.07) is 5.06. The van der Waals surface area contributed by atoms with Crippen molar-refractivity contribution < 1.29 is 14.6 Å². The van der Waals surface area contributed by atoms with Gasteiger partial charge in [0.05, 0.1) is 19.3 Å². The largest absolute Gasteiger partial charge is 0.393 e. The number of hydrogen-bond acceptors (Lipinski definition) is 4. The quantitative estimate of drug-likeness (QED) is 0.896. The number of ether oxygens (including phenoxy) is 2. The lowest BCUT2D eigenvalue weighted by Crippen LogP contribution is -2.36. The van der Waals surface area contributed by atoms with Gasteiger partial charge in [0, 0.05) is 18.2 Å². The van der Waals surface area contributed by atoms with Crippen molar-refractivity contribution in [3.8, 4) is 0 Å². The van der Waals surface area contributed by atoms with Crippen LogP contribution < -0.4 is 5.32 Å². The Morgan fingerprint density at radius 1 is 1.14 bits per heavy atom. The van der Waals surface area contributed by atoms with Gasteiger partial charge >= 0.3 is 0 Å². The van der Waals surface area contributed by atoms with Crippen LogP contribution in [0.15, 0.2) is 12.1 Å². The highest BCUT2D eigenvalue weighted by molar-refractivity contribution is 5.38. The normalized spacial score (nSPS) is 34.1. The number of aliphatic hydroxyl groups is 1. The first kappa shape index (κ1) is 14.6. The molecule has 0 aromatic heterocycles. The minimum Gasteiger partial charge on any atom is -0.393 e. The van der Waals surface area contributed by atoms with Crippen LogP contribution in [-0.2, 0) is 16.0 Å². The molecule has 1 spiro atoms. The molecule has 1 unspecified atom stereocenters. The van der Waals surface area contributed by atoms with Gasteiger partial charge in [0.25, 0.3) is 0 Å². The lowest BCUT2D eigenvalue weighted by molar-refractivity contribution is -0.0445. The average molecular weight is 303 g/mol. The molecule has 120 valence electrons. The summed E-state index contributed by atoms with van der Waals surface area (Å²) in [6.07, 6.45) is 2.95. The van der Waals surface area contributed by atoms with Crippen molar-refractivity contribution in [3.63, 3.8) is 0 Å². The van der Waals surface area contributed by atoms with Crippen LogP contribution in [0.2, 0.25) is 0 Å². The lowest BCUT2D eigenvalue weighted by atomic mass is 9.78. The summed E-state index contributed by atoms with van der Waals surface area (Å²) >= 11 is 0. The van der Waals surface area contributed by atoms with Gasteiger partial charge in [0.2, 0.25) is 0 Å². The average Bonchev–Trinajstić information content (AvgIpc) is 2.92. The van der Waals surface area contributed by atoms with E-state index >= 15 is 0 Å². The fourth-order valence-electron chi connectivity index (χ4n) is 4.08. The van der Waals surface area contributed by atoms with E-state index in [1.54, 1.807) is 0 Å². The first-order chi connectivity index (χ1) is 10.6. The molecule has 1 aromatic carbocycles. The molecule has 4 heteroatoms. The van der Waals surface area contributed by atoms with E-state index in [4.69, 9.17) is 9.47 Å². The Morgan fingerprint density at radius 3 is 2.55 bits per heavy atom. The van der Waals surface area contributed by atoms with E-state index in [-0.39, 0.29) is 12.4 Å². The zero-order valence-corrected chi connectivity index (χ0v) is 13.4. The van der Waals surface area contributed by atoms with E-state index in [9.17, 15) is 5.11 Å². The third-order valence-electron chi connectivity index (χ3n) is 5.61. The summed E-state index contributed by atoms with van der Waals surface area (Å²) in [5, 5.41) is 13.2. The number of hydrogen-bond donors (Lipinski definition) is 2. The molecule has 1 atom stereocenters. The maximum atomic E-state index is 9.49. The predicted molar refractivity (Wildman–Crippen MR) is 83.5 cm³/mol. The zero-order chi connectivity index (χ0) is 15.3. The fourth-order valence-corrected chi connectivity index (χ4v) is 4.08. The Kier molecular flexibility index (Phi) is 3.53. The first-order valence-electron chi connectivity index (χ1n) is 8.32. The van der Waals surface area contributed by atoms with Crippen LogP contribution in [0.4, 0.5) is 0 Å². The van der Waals surface area contributed by atoms with Crippen molar-refractivity contribution in [2.75, 3.05) is 13.2 Å². The molecule has 22 heavy (non-hydrogen) atoms. The van der Waals surface area contributed by atoms with Gasteiger partial charge in [0.15, 0.2) is 6.29 Å². The Balaban J connectivity index is 1.41. The van der Waals surface area contributed by atoms with Crippen LogP contribution in [0.25, 0.3) is 0 Å². The molecule has 0 bridgehead atoms. The molecule has 2 N–H and O–H groups in total. The summed E-state index contributed by atoms with van der Waals surface area (Å²) < 4.78 is 11.2. The maximum Gasteiger partial charge on any atom is 0.184 e. The first-order valence-corrected chi connectivity index (χ1v) is 8.32. The smallest absolute Gasteiger partial charge is 0.184 e. The molecular formula is C18H25NO3. The third-order valence-corrected chi connectivity index (χ3v) is 5.61. The molecule has 4 rings (SSSR count). The van der Waals surface area contributed by atoms with E-state index in [1.807, 2.05) is 0 Å². The van der Waals surface area contributed by atoms with Gasteiger partial charge in [0.1, 0.15) is 0 Å². The van der Waals surface area contributed by atoms with Gasteiger partial charge in [-0.1, -0.05) is 12.1 Å². The second-order valence-corrected chi connectivity index (χ2v) is 7.27. The molecule has 4 nitrogen and oxygen atoms in total. The third kappa shape index (κ3) is 2.48. The van der Waals surface area contributed by atoms with Crippen LogP contribution in [0.1, 0.15) is 47.8 Å². The minimum atomic E-state index is -0.191. The maximum absolute atomic E-state index is 9.49. The second kappa shape index (κ2) is 5.31. The van der Waals surface area contributed by atoms with Gasteiger partial charge in [-0.3, -0.25) is 0 Å². The molecule has 3 aliphatic rings. The van der Waals surface area contributed by atoms with Crippen molar-refractivity contribution in [1.82, 2.24) is 5.32 Å². The van der Waals surface area contributed by atoms with Crippen molar-refractivity contribution >= 4 is 0 Å². The van der Waals surface area contributed by atoms with Crippen molar-refractivity contribution in [2.24, 2.45) is 5.41 Å². The highest BCUT2D eigenvalue weighted by atomic mass is 16.7. The minimum absolute atomic E-state index is 0.0542. The second-order valence-electron chi connectivity index (χ2n) is 7.27. The highest BCUT2D eigenvalue weighted by Crippen LogP contribution is 2.60. The molecular weight excluding hydrogens is 278 g/mol. The van der Waals surface area contributed by atoms with Crippen molar-refractivity contribution in [3.05, 3.63) is 34.4 Å². The molecule has 1 aromatic rings. The monoisotopic (exact) mass is 303 g/mol. The lowest BCUT2D eigenvalue weighted by Gasteiger charge is -2.33. The summed E-state index contributed by atoms with van der Waals surface area (Å²) in [7, 11) is 0. The summed E-state index contributed by atoms with van der Waals surface area (Å²) in [5.41, 5.74) is 5.45. The molecule has 2 aliphatic carbocycles. The van der Waals surface area contributed by atoms with Gasteiger partial charge < -0.3 is 19.9 Å². The van der Waals surface area contributed by atoms with Crippen LogP contribution in [0, 0.1) is 19.3 Å². The molecule has 1 aliphatic heterocycles. The predicted octanol–water partition coefficient (Wildman–Crippen LogP) is 2.35. The number of aryl methyl sites for hydroxylation is 2. The summed E-state index contributed by atoms with van der Waals surface area (Å²) in [6.45, 7) is 6.56. The zero-order valence-electron chi connectivity index (χ0n) is 13.4. The van der Waals surface area contributed by atoms with E-state index in [2.05, 4.69) is 31.3 Å². The van der Waals surface area contributed by atoms with Crippen LogP contribution in [0.5, 0.6) is 0 Å². The van der Waals surface area contributed by atoms with E-state index in [1.165, 1.54) is 23.1 Å². The Labute approximate surface area is 131 Å². The number of aliphatic hydroxyl groups excluding tert-OH is 1. The van der Waals surface area contributed by atoms with Gasteiger partial charge in [-0.2, -0.15) is 0 Å². The topological polar surface area (TPSA) is 50.7 Å². The molecule has 3 fully saturated rings. The Bertz CT molecular complexity index is 574. The molecule has 2 saturated carbocycles. The van der Waals surface area contributed by atoms with E-state index < -0.39 is 0 Å². The molecule has 0 amide bonds. The Hall–Kier alpha value is -0.940. The SMILES string of the molecule is Cc1cc(C2OCCO2)c(C)cc1CNC1CC12CC(O)C2. The van der Waals surface area contributed by atoms with Gasteiger partial charge in [-0.05, 0) is 55.2 Å².